The number of nitrogens with zero attached hydrogens (tertiary/aromatic N) is 3. The van der Waals surface area contributed by atoms with Crippen molar-refractivity contribution in [2.45, 2.75) is 39.3 Å². The van der Waals surface area contributed by atoms with Crippen LogP contribution in [0.5, 0.6) is 5.75 Å². The maximum absolute atomic E-state index is 13.1. The Morgan fingerprint density at radius 2 is 2.03 bits per heavy atom. The summed E-state index contributed by atoms with van der Waals surface area (Å²) in [5.74, 6) is 0.705. The van der Waals surface area contributed by atoms with Crippen molar-refractivity contribution >= 4 is 22.9 Å². The van der Waals surface area contributed by atoms with Crippen LogP contribution in [0.3, 0.4) is 0 Å². The van der Waals surface area contributed by atoms with Crippen molar-refractivity contribution in [3.05, 3.63) is 35.2 Å². The van der Waals surface area contributed by atoms with Gasteiger partial charge in [0, 0.05) is 25.2 Å². The monoisotopic (exact) mass is 440 g/mol. The van der Waals surface area contributed by atoms with E-state index in [1.165, 1.54) is 17.0 Å². The first-order valence-corrected chi connectivity index (χ1v) is 9.77. The molecule has 168 valence electrons. The van der Waals surface area contributed by atoms with Gasteiger partial charge < -0.3 is 18.7 Å². The fourth-order valence-corrected chi connectivity index (χ4v) is 3.08. The lowest BCUT2D eigenvalue weighted by molar-refractivity contribution is -0.141. The number of aromatic nitrogens is 2. The van der Waals surface area contributed by atoms with Gasteiger partial charge in [-0.2, -0.15) is 13.2 Å². The van der Waals surface area contributed by atoms with Crippen LogP contribution in [-0.4, -0.2) is 41.4 Å². The van der Waals surface area contributed by atoms with Crippen LogP contribution in [0.25, 0.3) is 11.0 Å². The predicted octanol–water partition coefficient (Wildman–Crippen LogP) is 5.03. The maximum atomic E-state index is 13.1. The lowest BCUT2D eigenvalue weighted by Crippen LogP contribution is -2.32. The highest BCUT2D eigenvalue weighted by atomic mass is 19.4. The minimum Gasteiger partial charge on any atom is -0.493 e. The summed E-state index contributed by atoms with van der Waals surface area (Å²) in [7, 11) is 1.63. The number of alkyl halides is 3. The summed E-state index contributed by atoms with van der Waals surface area (Å²) in [6.45, 7) is 4.31. The third-order valence-corrected chi connectivity index (χ3v) is 4.57. The number of urea groups is 1. The van der Waals surface area contributed by atoms with Crippen molar-refractivity contribution in [3.63, 3.8) is 0 Å². The second-order valence-corrected chi connectivity index (χ2v) is 7.08. The molecular formula is C20H23F3N4O4. The van der Waals surface area contributed by atoms with Crippen LogP contribution < -0.4 is 10.1 Å². The predicted molar refractivity (Wildman–Crippen MR) is 106 cm³/mol. The summed E-state index contributed by atoms with van der Waals surface area (Å²) in [6, 6.07) is 4.06. The number of rotatable bonds is 8. The lowest BCUT2D eigenvalue weighted by Gasteiger charge is -2.17. The third-order valence-electron chi connectivity index (χ3n) is 4.57. The molecule has 31 heavy (non-hydrogen) atoms. The maximum Gasteiger partial charge on any atom is 0.437 e. The van der Waals surface area contributed by atoms with Crippen molar-refractivity contribution < 1.29 is 31.7 Å². The van der Waals surface area contributed by atoms with Gasteiger partial charge in [-0.15, -0.1) is 0 Å². The first-order chi connectivity index (χ1) is 14.7. The Labute approximate surface area is 176 Å². The Hall–Kier alpha value is -3.24. The molecule has 0 aliphatic rings. The van der Waals surface area contributed by atoms with E-state index in [1.54, 1.807) is 20.0 Å². The number of amides is 2. The Kier molecular flexibility index (Phi) is 6.71. The van der Waals surface area contributed by atoms with Gasteiger partial charge in [0.1, 0.15) is 5.75 Å². The van der Waals surface area contributed by atoms with E-state index in [0.29, 0.717) is 42.8 Å². The number of carbonyl (C=O) groups excluding carboxylic acids is 1. The zero-order chi connectivity index (χ0) is 22.6. The van der Waals surface area contributed by atoms with Gasteiger partial charge in [-0.1, -0.05) is 23.7 Å². The minimum atomic E-state index is -4.59. The van der Waals surface area contributed by atoms with E-state index in [0.717, 1.165) is 0 Å². The largest absolute Gasteiger partial charge is 0.493 e. The van der Waals surface area contributed by atoms with Crippen molar-refractivity contribution in [2.24, 2.45) is 0 Å². The molecule has 8 nitrogen and oxygen atoms in total. The molecule has 0 fully saturated rings. The highest BCUT2D eigenvalue weighted by Crippen LogP contribution is 2.38. The van der Waals surface area contributed by atoms with E-state index in [9.17, 15) is 18.0 Å². The van der Waals surface area contributed by atoms with E-state index in [-0.39, 0.29) is 29.5 Å². The van der Waals surface area contributed by atoms with Crippen molar-refractivity contribution in [2.75, 3.05) is 25.5 Å². The zero-order valence-electron chi connectivity index (χ0n) is 17.4. The fourth-order valence-electron chi connectivity index (χ4n) is 3.08. The fraction of sp³-hybridized carbons (Fsp3) is 0.450. The molecule has 0 spiro atoms. The van der Waals surface area contributed by atoms with Gasteiger partial charge in [0.15, 0.2) is 11.3 Å². The SMILES string of the molecule is CCCc1c(OCCCN(C)C(=O)Nc2cc(C)no2)ccc2c(C(F)(F)F)noc12. The standard InChI is InChI=1S/C20H23F3N4O4/c1-4-6-13-15(8-7-14-17(13)31-26-18(14)20(21,22)23)29-10-5-9-27(3)19(28)24-16-11-12(2)25-30-16/h7-8,11H,4-6,9-10H2,1-3H3,(H,24,28). The number of nitrogens with one attached hydrogen (secondary N) is 1. The molecule has 0 saturated heterocycles. The molecule has 0 radical (unpaired) electrons. The van der Waals surface area contributed by atoms with Gasteiger partial charge >= 0.3 is 12.2 Å². The number of hydrogen-bond donors (Lipinski definition) is 1. The number of fused-ring (bicyclic) bond motifs is 1. The average Bonchev–Trinajstić information content (AvgIpc) is 3.32. The summed E-state index contributed by atoms with van der Waals surface area (Å²) in [6.07, 6.45) is -2.90. The van der Waals surface area contributed by atoms with Crippen LogP contribution in [0.15, 0.2) is 27.2 Å². The van der Waals surface area contributed by atoms with Crippen LogP contribution in [0.1, 0.15) is 36.7 Å². The molecule has 3 aromatic rings. The summed E-state index contributed by atoms with van der Waals surface area (Å²) in [5.41, 5.74) is 0.251. The van der Waals surface area contributed by atoms with Crippen LogP contribution in [0, 0.1) is 6.92 Å². The highest BCUT2D eigenvalue weighted by molar-refractivity contribution is 5.87. The van der Waals surface area contributed by atoms with Crippen molar-refractivity contribution in [3.8, 4) is 5.75 Å². The summed E-state index contributed by atoms with van der Waals surface area (Å²) in [5, 5.41) is 9.41. The highest BCUT2D eigenvalue weighted by Gasteiger charge is 2.37. The van der Waals surface area contributed by atoms with Crippen LogP contribution in [-0.2, 0) is 12.6 Å². The van der Waals surface area contributed by atoms with E-state index in [1.807, 2.05) is 6.92 Å². The van der Waals surface area contributed by atoms with Crippen LogP contribution >= 0.6 is 0 Å². The molecule has 11 heteroatoms. The molecule has 0 aliphatic carbocycles. The first-order valence-electron chi connectivity index (χ1n) is 9.77. The molecule has 2 amide bonds. The van der Waals surface area contributed by atoms with Gasteiger partial charge in [0.05, 0.1) is 17.7 Å². The normalized spacial score (nSPS) is 11.7. The summed E-state index contributed by atoms with van der Waals surface area (Å²) < 4.78 is 55.0. The lowest BCUT2D eigenvalue weighted by atomic mass is 10.0. The third kappa shape index (κ3) is 5.28. The molecule has 3 rings (SSSR count). The summed E-state index contributed by atoms with van der Waals surface area (Å²) in [4.78, 5) is 13.6. The first kappa shape index (κ1) is 22.4. The molecule has 0 bridgehead atoms. The molecule has 0 atom stereocenters. The van der Waals surface area contributed by atoms with E-state index in [2.05, 4.69) is 15.6 Å². The number of aryl methyl sites for hydroxylation is 2. The Morgan fingerprint density at radius 1 is 1.26 bits per heavy atom. The smallest absolute Gasteiger partial charge is 0.437 e. The second kappa shape index (κ2) is 9.27. The number of carbonyl (C=O) groups is 1. The van der Waals surface area contributed by atoms with Gasteiger partial charge in [-0.05, 0) is 31.9 Å². The zero-order valence-corrected chi connectivity index (χ0v) is 17.4. The quantitative estimate of drug-likeness (QED) is 0.494. The second-order valence-electron chi connectivity index (χ2n) is 7.08. The van der Waals surface area contributed by atoms with Crippen LogP contribution in [0.2, 0.25) is 0 Å². The molecule has 0 unspecified atom stereocenters. The minimum absolute atomic E-state index is 0.0812. The number of anilines is 1. The number of halogens is 3. The molecular weight excluding hydrogens is 417 g/mol. The molecule has 2 aromatic heterocycles. The van der Waals surface area contributed by atoms with Gasteiger partial charge in [-0.3, -0.25) is 5.32 Å². The van der Waals surface area contributed by atoms with Crippen molar-refractivity contribution in [1.82, 2.24) is 15.2 Å². The molecule has 0 aliphatic heterocycles. The Balaban J connectivity index is 1.60. The number of benzene rings is 1. The van der Waals surface area contributed by atoms with Gasteiger partial charge in [-0.25, -0.2) is 4.79 Å². The van der Waals surface area contributed by atoms with E-state index >= 15 is 0 Å². The van der Waals surface area contributed by atoms with Gasteiger partial charge in [0.25, 0.3) is 0 Å². The topological polar surface area (TPSA) is 93.6 Å². The average molecular weight is 440 g/mol. The molecule has 1 N–H and O–H groups in total. The van der Waals surface area contributed by atoms with Gasteiger partial charge in [0.2, 0.25) is 5.88 Å². The van der Waals surface area contributed by atoms with Crippen LogP contribution in [0.4, 0.5) is 23.8 Å². The van der Waals surface area contributed by atoms with Crippen molar-refractivity contribution in [1.29, 1.82) is 0 Å². The van der Waals surface area contributed by atoms with E-state index < -0.39 is 11.9 Å². The Morgan fingerprint density at radius 3 is 2.68 bits per heavy atom. The molecule has 1 aromatic carbocycles. The Bertz CT molecular complexity index is 1040. The number of ether oxygens (including phenoxy) is 1. The molecule has 2 heterocycles. The number of hydrogen-bond acceptors (Lipinski definition) is 6. The molecule has 0 saturated carbocycles. The summed E-state index contributed by atoms with van der Waals surface area (Å²) >= 11 is 0. The van der Waals surface area contributed by atoms with E-state index in [4.69, 9.17) is 13.8 Å².